The fourth-order valence-corrected chi connectivity index (χ4v) is 1.26. The largest absolute Gasteiger partial charge is 0.368 e. The average Bonchev–Trinajstić information content (AvgIpc) is 2.26. The molecule has 2 rings (SSSR count). The molecule has 0 aliphatic heterocycles. The van der Waals surface area contributed by atoms with Crippen LogP contribution < -0.4 is 5.73 Å². The van der Waals surface area contributed by atoms with E-state index in [9.17, 15) is 13.2 Å². The minimum Gasteiger partial charge on any atom is -0.368 e. The Bertz CT molecular complexity index is 543. The molecule has 3 nitrogen and oxygen atoms in total. The third-order valence-electron chi connectivity index (χ3n) is 1.97. The zero-order valence-corrected chi connectivity index (χ0v) is 7.92. The van der Waals surface area contributed by atoms with E-state index in [2.05, 4.69) is 9.97 Å². The maximum absolute atomic E-state index is 13.4. The van der Waals surface area contributed by atoms with Crippen molar-refractivity contribution in [1.29, 1.82) is 0 Å². The molecule has 0 amide bonds. The van der Waals surface area contributed by atoms with Crippen LogP contribution in [0.15, 0.2) is 24.4 Å². The Balaban J connectivity index is 2.67. The van der Waals surface area contributed by atoms with Gasteiger partial charge in [-0.2, -0.15) is 0 Å². The lowest BCUT2D eigenvalue weighted by Gasteiger charge is -2.04. The van der Waals surface area contributed by atoms with E-state index in [1.165, 1.54) is 12.1 Å². The van der Waals surface area contributed by atoms with Gasteiger partial charge in [-0.15, -0.1) is 0 Å². The Labute approximate surface area is 88.8 Å². The SMILES string of the molecule is Nc1ncc(F)c(-c2cccc(F)c2F)n1. The van der Waals surface area contributed by atoms with Gasteiger partial charge in [0.1, 0.15) is 5.69 Å². The van der Waals surface area contributed by atoms with E-state index in [0.29, 0.717) is 0 Å². The van der Waals surface area contributed by atoms with Crippen LogP contribution in [0.3, 0.4) is 0 Å². The molecule has 1 aromatic carbocycles. The van der Waals surface area contributed by atoms with Crippen LogP contribution in [-0.4, -0.2) is 9.97 Å². The summed E-state index contributed by atoms with van der Waals surface area (Å²) in [5.74, 6) is -3.31. The topological polar surface area (TPSA) is 51.8 Å². The molecule has 0 spiro atoms. The Morgan fingerprint density at radius 3 is 2.56 bits per heavy atom. The lowest BCUT2D eigenvalue weighted by Crippen LogP contribution is -2.00. The molecule has 0 aliphatic rings. The highest BCUT2D eigenvalue weighted by molar-refractivity contribution is 5.61. The molecule has 2 N–H and O–H groups in total. The Kier molecular flexibility index (Phi) is 2.47. The van der Waals surface area contributed by atoms with Crippen molar-refractivity contribution >= 4 is 5.95 Å². The number of anilines is 1. The summed E-state index contributed by atoms with van der Waals surface area (Å²) in [4.78, 5) is 6.92. The fourth-order valence-electron chi connectivity index (χ4n) is 1.26. The van der Waals surface area contributed by atoms with Gasteiger partial charge in [-0.05, 0) is 12.1 Å². The molecule has 0 aliphatic carbocycles. The summed E-state index contributed by atoms with van der Waals surface area (Å²) in [6, 6.07) is 3.40. The molecule has 82 valence electrons. The summed E-state index contributed by atoms with van der Waals surface area (Å²) in [5, 5.41) is 0. The maximum Gasteiger partial charge on any atom is 0.220 e. The minimum atomic E-state index is -1.17. The zero-order chi connectivity index (χ0) is 11.7. The second kappa shape index (κ2) is 3.80. The summed E-state index contributed by atoms with van der Waals surface area (Å²) >= 11 is 0. The molecule has 0 fully saturated rings. The van der Waals surface area contributed by atoms with Crippen LogP contribution in [0, 0.1) is 17.5 Å². The van der Waals surface area contributed by atoms with Gasteiger partial charge in [0.2, 0.25) is 5.95 Å². The molecule has 0 unspecified atom stereocenters. The summed E-state index contributed by atoms with van der Waals surface area (Å²) in [5.41, 5.74) is 4.61. The van der Waals surface area contributed by atoms with Gasteiger partial charge in [-0.1, -0.05) is 6.07 Å². The highest BCUT2D eigenvalue weighted by atomic mass is 19.2. The average molecular weight is 225 g/mol. The Hall–Kier alpha value is -2.11. The van der Waals surface area contributed by atoms with Gasteiger partial charge in [0, 0.05) is 5.56 Å². The van der Waals surface area contributed by atoms with Crippen LogP contribution in [0.1, 0.15) is 0 Å². The molecule has 0 bridgehead atoms. The molecule has 2 aromatic rings. The van der Waals surface area contributed by atoms with E-state index in [0.717, 1.165) is 12.3 Å². The fraction of sp³-hybridized carbons (Fsp3) is 0. The highest BCUT2D eigenvalue weighted by Gasteiger charge is 2.15. The summed E-state index contributed by atoms with van der Waals surface area (Å²) in [6.07, 6.45) is 0.808. The standard InChI is InChI=1S/C10H6F3N3/c11-6-3-1-2-5(8(6)13)9-7(12)4-15-10(14)16-9/h1-4H,(H2,14,15,16). The van der Waals surface area contributed by atoms with Crippen molar-refractivity contribution in [3.63, 3.8) is 0 Å². The molecular formula is C10H6F3N3. The Morgan fingerprint density at radius 1 is 1.06 bits per heavy atom. The normalized spacial score (nSPS) is 10.4. The number of halogens is 3. The number of nitrogen functional groups attached to an aromatic ring is 1. The molecule has 1 aromatic heterocycles. The lowest BCUT2D eigenvalue weighted by atomic mass is 10.1. The number of hydrogen-bond donors (Lipinski definition) is 1. The van der Waals surface area contributed by atoms with Gasteiger partial charge in [0.25, 0.3) is 0 Å². The number of aromatic nitrogens is 2. The van der Waals surface area contributed by atoms with Crippen LogP contribution in [-0.2, 0) is 0 Å². The number of rotatable bonds is 1. The first-order valence-corrected chi connectivity index (χ1v) is 4.32. The molecule has 6 heteroatoms. The maximum atomic E-state index is 13.4. The number of benzene rings is 1. The van der Waals surface area contributed by atoms with Crippen molar-refractivity contribution in [2.75, 3.05) is 5.73 Å². The van der Waals surface area contributed by atoms with Gasteiger partial charge >= 0.3 is 0 Å². The van der Waals surface area contributed by atoms with Gasteiger partial charge < -0.3 is 5.73 Å². The predicted molar refractivity (Wildman–Crippen MR) is 51.8 cm³/mol. The molecule has 0 saturated carbocycles. The van der Waals surface area contributed by atoms with Gasteiger partial charge in [0.15, 0.2) is 17.5 Å². The van der Waals surface area contributed by atoms with Crippen LogP contribution in [0.4, 0.5) is 19.1 Å². The third kappa shape index (κ3) is 1.69. The first kappa shape index (κ1) is 10.4. The van der Waals surface area contributed by atoms with Crippen molar-refractivity contribution in [3.05, 3.63) is 41.8 Å². The van der Waals surface area contributed by atoms with E-state index in [-0.39, 0.29) is 17.2 Å². The predicted octanol–water partition coefficient (Wildman–Crippen LogP) is 2.14. The van der Waals surface area contributed by atoms with Gasteiger partial charge in [-0.3, -0.25) is 0 Å². The van der Waals surface area contributed by atoms with Crippen molar-refractivity contribution in [2.45, 2.75) is 0 Å². The highest BCUT2D eigenvalue weighted by Crippen LogP contribution is 2.24. The van der Waals surface area contributed by atoms with E-state index < -0.39 is 17.5 Å². The van der Waals surface area contributed by atoms with Crippen molar-refractivity contribution in [3.8, 4) is 11.3 Å². The molecule has 16 heavy (non-hydrogen) atoms. The summed E-state index contributed by atoms with van der Waals surface area (Å²) in [6.45, 7) is 0. The van der Waals surface area contributed by atoms with E-state index in [4.69, 9.17) is 5.73 Å². The Morgan fingerprint density at radius 2 is 1.81 bits per heavy atom. The van der Waals surface area contributed by atoms with Crippen molar-refractivity contribution < 1.29 is 13.2 Å². The van der Waals surface area contributed by atoms with Crippen LogP contribution >= 0.6 is 0 Å². The number of hydrogen-bond acceptors (Lipinski definition) is 3. The summed E-state index contributed by atoms with van der Waals surface area (Å²) in [7, 11) is 0. The van der Waals surface area contributed by atoms with Crippen LogP contribution in [0.5, 0.6) is 0 Å². The monoisotopic (exact) mass is 225 g/mol. The van der Waals surface area contributed by atoms with E-state index in [1.54, 1.807) is 0 Å². The first-order valence-electron chi connectivity index (χ1n) is 4.32. The lowest BCUT2D eigenvalue weighted by molar-refractivity contribution is 0.509. The number of nitrogens with zero attached hydrogens (tertiary/aromatic N) is 2. The third-order valence-corrected chi connectivity index (χ3v) is 1.97. The second-order valence-corrected chi connectivity index (χ2v) is 3.03. The molecule has 0 saturated heterocycles. The van der Waals surface area contributed by atoms with Crippen LogP contribution in [0.2, 0.25) is 0 Å². The first-order chi connectivity index (χ1) is 7.59. The van der Waals surface area contributed by atoms with Crippen molar-refractivity contribution in [2.24, 2.45) is 0 Å². The number of nitrogens with two attached hydrogens (primary N) is 1. The van der Waals surface area contributed by atoms with Crippen molar-refractivity contribution in [1.82, 2.24) is 9.97 Å². The van der Waals surface area contributed by atoms with E-state index >= 15 is 0 Å². The quantitative estimate of drug-likeness (QED) is 0.808. The summed E-state index contributed by atoms with van der Waals surface area (Å²) < 4.78 is 39.6. The minimum absolute atomic E-state index is 0.208. The zero-order valence-electron chi connectivity index (χ0n) is 7.92. The molecule has 0 radical (unpaired) electrons. The van der Waals surface area contributed by atoms with E-state index in [1.807, 2.05) is 0 Å². The molecule has 0 atom stereocenters. The second-order valence-electron chi connectivity index (χ2n) is 3.03. The molecule has 1 heterocycles. The smallest absolute Gasteiger partial charge is 0.220 e. The van der Waals surface area contributed by atoms with Crippen LogP contribution in [0.25, 0.3) is 11.3 Å². The van der Waals surface area contributed by atoms with Gasteiger partial charge in [-0.25, -0.2) is 23.1 Å². The molecular weight excluding hydrogens is 219 g/mol. The van der Waals surface area contributed by atoms with Gasteiger partial charge in [0.05, 0.1) is 6.20 Å².